The minimum atomic E-state index is -4.75. The molecule has 1 aliphatic heterocycles. The normalized spacial score (nSPS) is 15.9. The second kappa shape index (κ2) is 8.79. The summed E-state index contributed by atoms with van der Waals surface area (Å²) in [6, 6.07) is 10.7. The van der Waals surface area contributed by atoms with Gasteiger partial charge in [-0.05, 0) is 36.6 Å². The van der Waals surface area contributed by atoms with Gasteiger partial charge >= 0.3 is 6.18 Å². The Hall–Kier alpha value is -2.36. The number of benzene rings is 2. The van der Waals surface area contributed by atoms with Gasteiger partial charge in [-0.15, -0.1) is 0 Å². The van der Waals surface area contributed by atoms with Gasteiger partial charge in [-0.1, -0.05) is 41.9 Å². The summed E-state index contributed by atoms with van der Waals surface area (Å²) >= 11 is 6.04. The molecular weight excluding hydrogens is 441 g/mol. The van der Waals surface area contributed by atoms with E-state index in [1.54, 1.807) is 6.07 Å². The van der Waals surface area contributed by atoms with Crippen LogP contribution in [0.4, 0.5) is 18.9 Å². The summed E-state index contributed by atoms with van der Waals surface area (Å²) in [4.78, 5) is 12.1. The molecule has 5 nitrogen and oxygen atoms in total. The van der Waals surface area contributed by atoms with Crippen LogP contribution in [0.3, 0.4) is 0 Å². The molecule has 3 rings (SSSR count). The van der Waals surface area contributed by atoms with Crippen LogP contribution in [0, 0.1) is 0 Å². The number of nitrogens with one attached hydrogen (secondary N) is 1. The predicted octanol–water partition coefficient (Wildman–Crippen LogP) is 4.71. The van der Waals surface area contributed by atoms with Gasteiger partial charge in [-0.25, -0.2) is 8.42 Å². The standard InChI is InChI=1S/C20H18ClF3N2O3S/c21-17-9-8-15(12-18(17)30(28,29)26-10-4-5-11-26)25-19(27)13-16(20(22,23)24)14-6-2-1-3-7-14/h1-3,6-9,12-13H,4-5,10-11H2,(H,25,27)/b16-13-. The van der Waals surface area contributed by atoms with Crippen molar-refractivity contribution in [1.82, 2.24) is 4.31 Å². The van der Waals surface area contributed by atoms with Crippen LogP contribution < -0.4 is 5.32 Å². The molecule has 0 aromatic heterocycles. The molecule has 30 heavy (non-hydrogen) atoms. The molecule has 0 bridgehead atoms. The maximum atomic E-state index is 13.4. The third kappa shape index (κ3) is 5.03. The van der Waals surface area contributed by atoms with E-state index in [1.165, 1.54) is 40.7 Å². The average Bonchev–Trinajstić information content (AvgIpc) is 3.23. The van der Waals surface area contributed by atoms with E-state index in [-0.39, 0.29) is 21.2 Å². The highest BCUT2D eigenvalue weighted by Crippen LogP contribution is 2.34. The van der Waals surface area contributed by atoms with Crippen molar-refractivity contribution < 1.29 is 26.4 Å². The molecule has 1 fully saturated rings. The zero-order chi connectivity index (χ0) is 21.9. The first-order valence-electron chi connectivity index (χ1n) is 9.04. The van der Waals surface area contributed by atoms with Crippen LogP contribution in [0.15, 0.2) is 59.5 Å². The molecule has 1 saturated heterocycles. The van der Waals surface area contributed by atoms with Gasteiger partial charge in [0.05, 0.1) is 10.6 Å². The maximum Gasteiger partial charge on any atom is 0.417 e. The summed E-state index contributed by atoms with van der Waals surface area (Å²) in [5, 5.41) is 2.26. The van der Waals surface area contributed by atoms with Gasteiger partial charge in [0, 0.05) is 24.9 Å². The van der Waals surface area contributed by atoms with Crippen molar-refractivity contribution in [3.63, 3.8) is 0 Å². The lowest BCUT2D eigenvalue weighted by molar-refractivity contribution is -0.112. The second-order valence-corrected chi connectivity index (χ2v) is 8.98. The average molecular weight is 459 g/mol. The van der Waals surface area contributed by atoms with Gasteiger partial charge in [0.2, 0.25) is 15.9 Å². The lowest BCUT2D eigenvalue weighted by Crippen LogP contribution is -2.28. The summed E-state index contributed by atoms with van der Waals surface area (Å²) in [6.07, 6.45) is -2.84. The molecule has 1 aliphatic rings. The molecule has 0 radical (unpaired) electrons. The van der Waals surface area contributed by atoms with Crippen LogP contribution in [0.2, 0.25) is 5.02 Å². The largest absolute Gasteiger partial charge is 0.417 e. The van der Waals surface area contributed by atoms with Gasteiger partial charge in [0.25, 0.3) is 0 Å². The van der Waals surface area contributed by atoms with Crippen LogP contribution >= 0.6 is 11.6 Å². The molecule has 0 unspecified atom stereocenters. The minimum absolute atomic E-state index is 0.0213. The lowest BCUT2D eigenvalue weighted by Gasteiger charge is -2.17. The molecule has 1 heterocycles. The Kier molecular flexibility index (Phi) is 6.54. The molecule has 0 atom stereocenters. The Morgan fingerprint density at radius 1 is 1.07 bits per heavy atom. The van der Waals surface area contributed by atoms with Crippen molar-refractivity contribution >= 4 is 38.8 Å². The molecule has 10 heteroatoms. The molecule has 1 N–H and O–H groups in total. The van der Waals surface area contributed by atoms with Crippen LogP contribution in [0.5, 0.6) is 0 Å². The third-order valence-corrected chi connectivity index (χ3v) is 6.93. The highest BCUT2D eigenvalue weighted by molar-refractivity contribution is 7.89. The number of sulfonamides is 1. The Balaban J connectivity index is 1.89. The number of hydrogen-bond acceptors (Lipinski definition) is 3. The van der Waals surface area contributed by atoms with Crippen LogP contribution in [-0.4, -0.2) is 37.9 Å². The number of allylic oxidation sites excluding steroid dienone is 1. The summed E-state index contributed by atoms with van der Waals surface area (Å²) in [5.74, 6) is -1.04. The first kappa shape index (κ1) is 22.3. The van der Waals surface area contributed by atoms with Crippen molar-refractivity contribution in [3.05, 3.63) is 65.2 Å². The van der Waals surface area contributed by atoms with Crippen LogP contribution in [-0.2, 0) is 14.8 Å². The van der Waals surface area contributed by atoms with Crippen LogP contribution in [0.25, 0.3) is 5.57 Å². The number of nitrogens with zero attached hydrogens (tertiary/aromatic N) is 1. The summed E-state index contributed by atoms with van der Waals surface area (Å²) in [6.45, 7) is 0.730. The Morgan fingerprint density at radius 2 is 1.70 bits per heavy atom. The number of anilines is 1. The quantitative estimate of drug-likeness (QED) is 0.660. The fraction of sp³-hybridized carbons (Fsp3) is 0.250. The number of halogens is 4. The number of rotatable bonds is 5. The summed E-state index contributed by atoms with van der Waals surface area (Å²) in [5.41, 5.74) is -1.25. The van der Waals surface area contributed by atoms with Crippen molar-refractivity contribution in [2.45, 2.75) is 23.9 Å². The molecule has 1 amide bonds. The number of hydrogen-bond donors (Lipinski definition) is 1. The van der Waals surface area contributed by atoms with E-state index in [0.717, 1.165) is 18.9 Å². The van der Waals surface area contributed by atoms with Crippen molar-refractivity contribution in [3.8, 4) is 0 Å². The van der Waals surface area contributed by atoms with Gasteiger partial charge < -0.3 is 5.32 Å². The van der Waals surface area contributed by atoms with Crippen molar-refractivity contribution in [2.75, 3.05) is 18.4 Å². The second-order valence-electron chi connectivity index (χ2n) is 6.67. The number of carbonyl (C=O) groups is 1. The molecule has 160 valence electrons. The molecule has 0 spiro atoms. The highest BCUT2D eigenvalue weighted by atomic mass is 35.5. The van der Waals surface area contributed by atoms with Gasteiger partial charge in [0.1, 0.15) is 4.90 Å². The smallest absolute Gasteiger partial charge is 0.322 e. The highest BCUT2D eigenvalue weighted by Gasteiger charge is 2.35. The molecule has 2 aromatic carbocycles. The van der Waals surface area contributed by atoms with E-state index in [4.69, 9.17) is 11.6 Å². The van der Waals surface area contributed by atoms with Crippen molar-refractivity contribution in [2.24, 2.45) is 0 Å². The number of alkyl halides is 3. The molecule has 2 aromatic rings. The van der Waals surface area contributed by atoms with E-state index in [1.807, 2.05) is 0 Å². The first-order chi connectivity index (χ1) is 14.1. The zero-order valence-corrected chi connectivity index (χ0v) is 17.2. The molecular formula is C20H18ClF3N2O3S. The van der Waals surface area contributed by atoms with E-state index >= 15 is 0 Å². The number of amides is 1. The topological polar surface area (TPSA) is 66.5 Å². The van der Waals surface area contributed by atoms with Crippen LogP contribution in [0.1, 0.15) is 18.4 Å². The SMILES string of the molecule is O=C(/C=C(/c1ccccc1)C(F)(F)F)Nc1ccc(Cl)c(S(=O)(=O)N2CCCC2)c1. The Morgan fingerprint density at radius 3 is 2.30 bits per heavy atom. The number of carbonyl (C=O) groups excluding carboxylic acids is 1. The monoisotopic (exact) mass is 458 g/mol. The van der Waals surface area contributed by atoms with E-state index < -0.39 is 27.7 Å². The fourth-order valence-electron chi connectivity index (χ4n) is 3.10. The van der Waals surface area contributed by atoms with Gasteiger partial charge in [0.15, 0.2) is 0 Å². The maximum absolute atomic E-state index is 13.4. The van der Waals surface area contributed by atoms with E-state index in [0.29, 0.717) is 19.2 Å². The van der Waals surface area contributed by atoms with Crippen molar-refractivity contribution in [1.29, 1.82) is 0 Å². The van der Waals surface area contributed by atoms with E-state index in [2.05, 4.69) is 5.32 Å². The van der Waals surface area contributed by atoms with Gasteiger partial charge in [-0.2, -0.15) is 17.5 Å². The Bertz CT molecular complexity index is 1060. The van der Waals surface area contributed by atoms with E-state index in [9.17, 15) is 26.4 Å². The summed E-state index contributed by atoms with van der Waals surface area (Å²) < 4.78 is 67.0. The lowest BCUT2D eigenvalue weighted by atomic mass is 10.1. The summed E-state index contributed by atoms with van der Waals surface area (Å²) in [7, 11) is -3.86. The zero-order valence-electron chi connectivity index (χ0n) is 15.6. The minimum Gasteiger partial charge on any atom is -0.322 e. The predicted molar refractivity (Wildman–Crippen MR) is 109 cm³/mol. The third-order valence-electron chi connectivity index (χ3n) is 4.55. The molecule has 0 saturated carbocycles. The first-order valence-corrected chi connectivity index (χ1v) is 10.9. The molecule has 0 aliphatic carbocycles. The fourth-order valence-corrected chi connectivity index (χ4v) is 5.12. The Labute approximate surface area is 177 Å². The van der Waals surface area contributed by atoms with Gasteiger partial charge in [-0.3, -0.25) is 4.79 Å².